The Balaban J connectivity index is 2.02. The maximum atomic E-state index is 5.07. The van der Waals surface area contributed by atoms with Crippen molar-refractivity contribution < 1.29 is 4.74 Å². The number of likely N-dealkylation sites (tertiary alicyclic amines) is 1. The zero-order valence-electron chi connectivity index (χ0n) is 13.3. The van der Waals surface area contributed by atoms with E-state index in [-0.39, 0.29) is 0 Å². The van der Waals surface area contributed by atoms with Gasteiger partial charge in [-0.3, -0.25) is 0 Å². The minimum Gasteiger partial charge on any atom is -0.385 e. The number of nitrogens with one attached hydrogen (secondary N) is 1. The second-order valence-electron chi connectivity index (χ2n) is 5.98. The zero-order chi connectivity index (χ0) is 13.9. The van der Waals surface area contributed by atoms with Crippen LogP contribution in [-0.2, 0) is 4.74 Å². The number of rotatable bonds is 10. The summed E-state index contributed by atoms with van der Waals surface area (Å²) in [5, 5.41) is 3.72. The first-order valence-electron chi connectivity index (χ1n) is 8.22. The smallest absolute Gasteiger partial charge is 0.0462 e. The van der Waals surface area contributed by atoms with E-state index in [1.165, 1.54) is 64.7 Å². The van der Waals surface area contributed by atoms with Crippen molar-refractivity contribution in [2.24, 2.45) is 5.92 Å². The van der Waals surface area contributed by atoms with Gasteiger partial charge in [-0.25, -0.2) is 0 Å². The van der Waals surface area contributed by atoms with Crippen LogP contribution in [0.1, 0.15) is 52.4 Å². The maximum absolute atomic E-state index is 5.07. The van der Waals surface area contributed by atoms with E-state index >= 15 is 0 Å². The summed E-state index contributed by atoms with van der Waals surface area (Å²) >= 11 is 0. The van der Waals surface area contributed by atoms with Gasteiger partial charge >= 0.3 is 0 Å². The van der Waals surface area contributed by atoms with Gasteiger partial charge in [0.15, 0.2) is 0 Å². The molecule has 1 saturated heterocycles. The second kappa shape index (κ2) is 10.6. The molecule has 1 atom stereocenters. The molecule has 1 heterocycles. The molecule has 0 aromatic heterocycles. The maximum Gasteiger partial charge on any atom is 0.0462 e. The van der Waals surface area contributed by atoms with Gasteiger partial charge in [0.05, 0.1) is 0 Å². The van der Waals surface area contributed by atoms with Crippen LogP contribution in [0.4, 0.5) is 0 Å². The number of hydrogen-bond acceptors (Lipinski definition) is 3. The van der Waals surface area contributed by atoms with E-state index in [9.17, 15) is 0 Å². The quantitative estimate of drug-likeness (QED) is 0.618. The highest BCUT2D eigenvalue weighted by atomic mass is 16.5. The highest BCUT2D eigenvalue weighted by Gasteiger charge is 2.22. The molecule has 0 radical (unpaired) electrons. The summed E-state index contributed by atoms with van der Waals surface area (Å²) in [6.07, 6.45) is 7.79. The van der Waals surface area contributed by atoms with Crippen molar-refractivity contribution in [3.8, 4) is 0 Å². The van der Waals surface area contributed by atoms with E-state index in [2.05, 4.69) is 24.1 Å². The Kier molecular flexibility index (Phi) is 9.48. The fourth-order valence-corrected chi connectivity index (χ4v) is 3.04. The van der Waals surface area contributed by atoms with Gasteiger partial charge in [-0.15, -0.1) is 0 Å². The highest BCUT2D eigenvalue weighted by Crippen LogP contribution is 2.20. The van der Waals surface area contributed by atoms with Crippen molar-refractivity contribution in [3.63, 3.8) is 0 Å². The first kappa shape index (κ1) is 16.9. The van der Waals surface area contributed by atoms with Crippen LogP contribution in [0.3, 0.4) is 0 Å². The minimum atomic E-state index is 0.686. The predicted octanol–water partition coefficient (Wildman–Crippen LogP) is 2.90. The fraction of sp³-hybridized carbons (Fsp3) is 1.00. The SMILES string of the molecule is CCCN1CCC(C(C)NCCCCCOC)CC1. The Morgan fingerprint density at radius 3 is 2.58 bits per heavy atom. The third kappa shape index (κ3) is 7.28. The molecule has 0 bridgehead atoms. The average Bonchev–Trinajstić information content (AvgIpc) is 2.43. The molecule has 1 N–H and O–H groups in total. The lowest BCUT2D eigenvalue weighted by molar-refractivity contribution is 0.162. The summed E-state index contributed by atoms with van der Waals surface area (Å²) < 4.78 is 5.07. The lowest BCUT2D eigenvalue weighted by Crippen LogP contribution is -2.42. The van der Waals surface area contributed by atoms with E-state index in [0.717, 1.165) is 12.5 Å². The van der Waals surface area contributed by atoms with Crippen LogP contribution in [0.25, 0.3) is 0 Å². The molecule has 0 aromatic rings. The van der Waals surface area contributed by atoms with Gasteiger partial charge < -0.3 is 15.0 Å². The van der Waals surface area contributed by atoms with Crippen LogP contribution >= 0.6 is 0 Å². The number of unbranched alkanes of at least 4 members (excludes halogenated alkanes) is 2. The molecule has 0 spiro atoms. The molecule has 0 aliphatic carbocycles. The van der Waals surface area contributed by atoms with E-state index in [0.29, 0.717) is 6.04 Å². The first-order valence-corrected chi connectivity index (χ1v) is 8.22. The van der Waals surface area contributed by atoms with Crippen molar-refractivity contribution in [1.29, 1.82) is 0 Å². The molecule has 1 fully saturated rings. The van der Waals surface area contributed by atoms with Crippen LogP contribution in [-0.4, -0.2) is 50.8 Å². The van der Waals surface area contributed by atoms with Gasteiger partial charge in [0.1, 0.15) is 0 Å². The van der Waals surface area contributed by atoms with E-state index in [1.807, 2.05) is 0 Å². The summed E-state index contributed by atoms with van der Waals surface area (Å²) in [4.78, 5) is 2.62. The van der Waals surface area contributed by atoms with Gasteiger partial charge in [-0.1, -0.05) is 6.92 Å². The Morgan fingerprint density at radius 1 is 1.21 bits per heavy atom. The Bertz CT molecular complexity index is 203. The molecule has 0 amide bonds. The fourth-order valence-electron chi connectivity index (χ4n) is 3.04. The van der Waals surface area contributed by atoms with Crippen molar-refractivity contribution in [2.45, 2.75) is 58.4 Å². The van der Waals surface area contributed by atoms with Gasteiger partial charge in [0, 0.05) is 19.8 Å². The van der Waals surface area contributed by atoms with E-state index < -0.39 is 0 Å². The molecule has 114 valence electrons. The number of hydrogen-bond donors (Lipinski definition) is 1. The lowest BCUT2D eigenvalue weighted by Gasteiger charge is -2.35. The first-order chi connectivity index (χ1) is 9.27. The third-order valence-electron chi connectivity index (χ3n) is 4.37. The lowest BCUT2D eigenvalue weighted by atomic mass is 9.90. The normalized spacial score (nSPS) is 19.7. The topological polar surface area (TPSA) is 24.5 Å². The Morgan fingerprint density at radius 2 is 1.95 bits per heavy atom. The monoisotopic (exact) mass is 270 g/mol. The Labute approximate surface area is 120 Å². The van der Waals surface area contributed by atoms with Gasteiger partial charge in [0.2, 0.25) is 0 Å². The number of nitrogens with zero attached hydrogens (tertiary/aromatic N) is 1. The minimum absolute atomic E-state index is 0.686. The van der Waals surface area contributed by atoms with Crippen LogP contribution in [0.5, 0.6) is 0 Å². The van der Waals surface area contributed by atoms with Crippen LogP contribution in [0.15, 0.2) is 0 Å². The molecule has 1 aliphatic rings. The largest absolute Gasteiger partial charge is 0.385 e. The highest BCUT2D eigenvalue weighted by molar-refractivity contribution is 4.79. The summed E-state index contributed by atoms with van der Waals surface area (Å²) in [6, 6.07) is 0.686. The van der Waals surface area contributed by atoms with Crippen molar-refractivity contribution in [2.75, 3.05) is 39.9 Å². The van der Waals surface area contributed by atoms with E-state index in [4.69, 9.17) is 4.74 Å². The molecule has 0 aromatic carbocycles. The van der Waals surface area contributed by atoms with Crippen molar-refractivity contribution >= 4 is 0 Å². The molecular formula is C16H34N2O. The summed E-state index contributed by atoms with van der Waals surface area (Å²) in [5.74, 6) is 0.882. The summed E-state index contributed by atoms with van der Waals surface area (Å²) in [7, 11) is 1.78. The third-order valence-corrected chi connectivity index (χ3v) is 4.37. The second-order valence-corrected chi connectivity index (χ2v) is 5.98. The number of piperidine rings is 1. The van der Waals surface area contributed by atoms with Crippen LogP contribution in [0.2, 0.25) is 0 Å². The van der Waals surface area contributed by atoms with Crippen molar-refractivity contribution in [1.82, 2.24) is 10.2 Å². The molecule has 1 rings (SSSR count). The summed E-state index contributed by atoms with van der Waals surface area (Å²) in [6.45, 7) is 10.6. The van der Waals surface area contributed by atoms with Gasteiger partial charge in [0.25, 0.3) is 0 Å². The molecule has 19 heavy (non-hydrogen) atoms. The zero-order valence-corrected chi connectivity index (χ0v) is 13.3. The molecule has 3 nitrogen and oxygen atoms in total. The number of methoxy groups -OCH3 is 1. The number of ether oxygens (including phenoxy) is 1. The van der Waals surface area contributed by atoms with Crippen molar-refractivity contribution in [3.05, 3.63) is 0 Å². The van der Waals surface area contributed by atoms with E-state index in [1.54, 1.807) is 7.11 Å². The molecular weight excluding hydrogens is 236 g/mol. The molecule has 3 heteroatoms. The molecule has 1 aliphatic heterocycles. The Hall–Kier alpha value is -0.120. The average molecular weight is 270 g/mol. The molecule has 0 saturated carbocycles. The van der Waals surface area contributed by atoms with Gasteiger partial charge in [-0.2, -0.15) is 0 Å². The van der Waals surface area contributed by atoms with Crippen LogP contribution in [0, 0.1) is 5.92 Å². The van der Waals surface area contributed by atoms with Crippen LogP contribution < -0.4 is 5.32 Å². The molecule has 1 unspecified atom stereocenters. The predicted molar refractivity (Wildman–Crippen MR) is 82.6 cm³/mol. The summed E-state index contributed by atoms with van der Waals surface area (Å²) in [5.41, 5.74) is 0. The standard InChI is InChI=1S/C16H34N2O/c1-4-11-18-12-8-16(9-13-18)15(2)17-10-6-5-7-14-19-3/h15-17H,4-14H2,1-3H3. The van der Waals surface area contributed by atoms with Gasteiger partial charge in [-0.05, 0) is 77.5 Å².